The van der Waals surface area contributed by atoms with Crippen LogP contribution in [0.3, 0.4) is 0 Å². The van der Waals surface area contributed by atoms with Gasteiger partial charge in [0.2, 0.25) is 0 Å². The Kier molecular flexibility index (Phi) is 4.80. The number of piperazine rings is 1. The number of carbonyl (C=O) groups excluding carboxylic acids is 1. The summed E-state index contributed by atoms with van der Waals surface area (Å²) < 4.78 is 0. The number of rotatable bonds is 4. The molecule has 19 heavy (non-hydrogen) atoms. The summed E-state index contributed by atoms with van der Waals surface area (Å²) in [6.07, 6.45) is 0. The van der Waals surface area contributed by atoms with Crippen LogP contribution >= 0.6 is 0 Å². The largest absolute Gasteiger partial charge is 0.368 e. The highest BCUT2D eigenvalue weighted by molar-refractivity contribution is 5.99. The molecule has 0 unspecified atom stereocenters. The molecule has 1 heterocycles. The Morgan fingerprint density at radius 2 is 2.00 bits per heavy atom. The van der Waals surface area contributed by atoms with Gasteiger partial charge in [0.15, 0.2) is 0 Å². The van der Waals surface area contributed by atoms with Crippen molar-refractivity contribution in [2.45, 2.75) is 13.8 Å². The number of anilines is 1. The van der Waals surface area contributed by atoms with E-state index in [0.717, 1.165) is 37.4 Å². The first-order valence-electron chi connectivity index (χ1n) is 7.01. The third kappa shape index (κ3) is 3.70. The van der Waals surface area contributed by atoms with Gasteiger partial charge < -0.3 is 15.5 Å². The molecule has 1 aromatic rings. The Hall–Kier alpha value is -1.55. The highest BCUT2D eigenvalue weighted by atomic mass is 16.1. The van der Waals surface area contributed by atoms with Crippen molar-refractivity contribution in [3.8, 4) is 0 Å². The minimum atomic E-state index is 0.0304. The molecule has 0 aromatic heterocycles. The fourth-order valence-corrected chi connectivity index (χ4v) is 2.24. The SMILES string of the molecule is CC(C)CNC(=O)c1ccccc1N1CCNCC1. The third-order valence-corrected chi connectivity index (χ3v) is 3.28. The number of carbonyl (C=O) groups is 1. The van der Waals surface area contributed by atoms with Crippen molar-refractivity contribution in [2.24, 2.45) is 5.92 Å². The summed E-state index contributed by atoms with van der Waals surface area (Å²) in [5, 5.41) is 6.33. The molecule has 0 aliphatic carbocycles. The number of hydrogen-bond acceptors (Lipinski definition) is 3. The van der Waals surface area contributed by atoms with Crippen LogP contribution in [0.25, 0.3) is 0 Å². The summed E-state index contributed by atoms with van der Waals surface area (Å²) in [4.78, 5) is 14.5. The minimum absolute atomic E-state index is 0.0304. The lowest BCUT2D eigenvalue weighted by atomic mass is 10.1. The van der Waals surface area contributed by atoms with Crippen molar-refractivity contribution in [1.82, 2.24) is 10.6 Å². The Morgan fingerprint density at radius 1 is 1.32 bits per heavy atom. The van der Waals surface area contributed by atoms with E-state index in [4.69, 9.17) is 0 Å². The number of nitrogens with one attached hydrogen (secondary N) is 2. The van der Waals surface area contributed by atoms with E-state index in [2.05, 4.69) is 29.4 Å². The van der Waals surface area contributed by atoms with Crippen LogP contribution in [-0.4, -0.2) is 38.6 Å². The summed E-state index contributed by atoms with van der Waals surface area (Å²) in [7, 11) is 0. The second kappa shape index (κ2) is 6.57. The van der Waals surface area contributed by atoms with Gasteiger partial charge in [0, 0.05) is 38.4 Å². The van der Waals surface area contributed by atoms with Gasteiger partial charge in [-0.15, -0.1) is 0 Å². The molecule has 104 valence electrons. The quantitative estimate of drug-likeness (QED) is 0.863. The van der Waals surface area contributed by atoms with Gasteiger partial charge in [0.05, 0.1) is 5.56 Å². The summed E-state index contributed by atoms with van der Waals surface area (Å²) >= 11 is 0. The van der Waals surface area contributed by atoms with Crippen molar-refractivity contribution >= 4 is 11.6 Å². The van der Waals surface area contributed by atoms with Gasteiger partial charge in [-0.25, -0.2) is 0 Å². The van der Waals surface area contributed by atoms with Gasteiger partial charge in [-0.05, 0) is 18.1 Å². The van der Waals surface area contributed by atoms with Crippen molar-refractivity contribution in [3.63, 3.8) is 0 Å². The molecule has 0 spiro atoms. The topological polar surface area (TPSA) is 44.4 Å². The molecule has 1 aromatic carbocycles. The maximum atomic E-state index is 12.3. The first-order valence-corrected chi connectivity index (χ1v) is 7.01. The fourth-order valence-electron chi connectivity index (χ4n) is 2.24. The molecule has 2 rings (SSSR count). The molecule has 4 heteroatoms. The molecular weight excluding hydrogens is 238 g/mol. The van der Waals surface area contributed by atoms with E-state index in [0.29, 0.717) is 12.5 Å². The minimum Gasteiger partial charge on any atom is -0.368 e. The molecule has 1 saturated heterocycles. The fraction of sp³-hybridized carbons (Fsp3) is 0.533. The van der Waals surface area contributed by atoms with E-state index in [9.17, 15) is 4.79 Å². The van der Waals surface area contributed by atoms with E-state index in [1.807, 2.05) is 24.3 Å². The molecule has 2 N–H and O–H groups in total. The van der Waals surface area contributed by atoms with Gasteiger partial charge in [-0.3, -0.25) is 4.79 Å². The molecule has 0 bridgehead atoms. The number of hydrogen-bond donors (Lipinski definition) is 2. The van der Waals surface area contributed by atoms with Gasteiger partial charge in [-0.2, -0.15) is 0 Å². The summed E-state index contributed by atoms with van der Waals surface area (Å²) in [6.45, 7) is 8.77. The molecule has 0 atom stereocenters. The molecule has 1 aliphatic rings. The van der Waals surface area contributed by atoms with Crippen LogP contribution in [0.5, 0.6) is 0 Å². The highest BCUT2D eigenvalue weighted by Crippen LogP contribution is 2.20. The summed E-state index contributed by atoms with van der Waals surface area (Å²) in [6, 6.07) is 7.87. The summed E-state index contributed by atoms with van der Waals surface area (Å²) in [5.41, 5.74) is 1.83. The number of nitrogens with zero attached hydrogens (tertiary/aromatic N) is 1. The average molecular weight is 261 g/mol. The van der Waals surface area contributed by atoms with Crippen LogP contribution in [0.4, 0.5) is 5.69 Å². The maximum absolute atomic E-state index is 12.3. The molecule has 1 amide bonds. The molecule has 4 nitrogen and oxygen atoms in total. The molecular formula is C15H23N3O. The van der Waals surface area contributed by atoms with E-state index in [1.165, 1.54) is 0 Å². The average Bonchev–Trinajstić information content (AvgIpc) is 2.45. The normalized spacial score (nSPS) is 15.6. The van der Waals surface area contributed by atoms with Crippen LogP contribution in [0.15, 0.2) is 24.3 Å². The lowest BCUT2D eigenvalue weighted by Crippen LogP contribution is -2.44. The van der Waals surface area contributed by atoms with Crippen LogP contribution < -0.4 is 15.5 Å². The zero-order valence-electron chi connectivity index (χ0n) is 11.8. The van der Waals surface area contributed by atoms with E-state index in [1.54, 1.807) is 0 Å². The Balaban J connectivity index is 2.13. The lowest BCUT2D eigenvalue weighted by molar-refractivity contribution is 0.0949. The third-order valence-electron chi connectivity index (χ3n) is 3.28. The second-order valence-corrected chi connectivity index (χ2v) is 5.36. The van der Waals surface area contributed by atoms with Crippen molar-refractivity contribution in [3.05, 3.63) is 29.8 Å². The predicted molar refractivity (Wildman–Crippen MR) is 78.7 cm³/mol. The van der Waals surface area contributed by atoms with Gasteiger partial charge in [0.25, 0.3) is 5.91 Å². The monoisotopic (exact) mass is 261 g/mol. The number of benzene rings is 1. The molecule has 0 radical (unpaired) electrons. The number of para-hydroxylation sites is 1. The van der Waals surface area contributed by atoms with E-state index in [-0.39, 0.29) is 5.91 Å². The van der Waals surface area contributed by atoms with E-state index < -0.39 is 0 Å². The smallest absolute Gasteiger partial charge is 0.253 e. The van der Waals surface area contributed by atoms with Crippen LogP contribution in [0.1, 0.15) is 24.2 Å². The standard InChI is InChI=1S/C15H23N3O/c1-12(2)11-17-15(19)13-5-3-4-6-14(13)18-9-7-16-8-10-18/h3-6,12,16H,7-11H2,1-2H3,(H,17,19). The predicted octanol–water partition coefficient (Wildman–Crippen LogP) is 1.48. The Bertz CT molecular complexity index is 425. The van der Waals surface area contributed by atoms with Gasteiger partial charge in [-0.1, -0.05) is 26.0 Å². The van der Waals surface area contributed by atoms with Crippen LogP contribution in [0.2, 0.25) is 0 Å². The zero-order valence-corrected chi connectivity index (χ0v) is 11.8. The number of amides is 1. The Labute approximate surface area is 115 Å². The summed E-state index contributed by atoms with van der Waals surface area (Å²) in [5.74, 6) is 0.498. The first-order chi connectivity index (χ1) is 9.18. The highest BCUT2D eigenvalue weighted by Gasteiger charge is 2.17. The molecule has 1 fully saturated rings. The van der Waals surface area contributed by atoms with Crippen LogP contribution in [-0.2, 0) is 0 Å². The lowest BCUT2D eigenvalue weighted by Gasteiger charge is -2.30. The Morgan fingerprint density at radius 3 is 2.68 bits per heavy atom. The van der Waals surface area contributed by atoms with Crippen molar-refractivity contribution < 1.29 is 4.79 Å². The van der Waals surface area contributed by atoms with Crippen molar-refractivity contribution in [1.29, 1.82) is 0 Å². The van der Waals surface area contributed by atoms with Crippen LogP contribution in [0, 0.1) is 5.92 Å². The molecule has 1 aliphatic heterocycles. The van der Waals surface area contributed by atoms with Gasteiger partial charge >= 0.3 is 0 Å². The van der Waals surface area contributed by atoms with Gasteiger partial charge in [0.1, 0.15) is 0 Å². The first kappa shape index (κ1) is 13.9. The molecule has 0 saturated carbocycles. The second-order valence-electron chi connectivity index (χ2n) is 5.36. The maximum Gasteiger partial charge on any atom is 0.253 e. The van der Waals surface area contributed by atoms with Crippen molar-refractivity contribution in [2.75, 3.05) is 37.6 Å². The zero-order chi connectivity index (χ0) is 13.7. The van der Waals surface area contributed by atoms with E-state index >= 15 is 0 Å².